The molecule has 1 N–H and O–H groups in total. The van der Waals surface area contributed by atoms with E-state index in [2.05, 4.69) is 34.2 Å². The van der Waals surface area contributed by atoms with Crippen molar-refractivity contribution in [3.63, 3.8) is 0 Å². The molecule has 6 nitrogen and oxygen atoms in total. The number of aromatic nitrogens is 2. The van der Waals surface area contributed by atoms with E-state index in [0.717, 1.165) is 61.5 Å². The normalized spacial score (nSPS) is 16.3. The molecule has 1 aromatic carbocycles. The average molecular weight is 457 g/mol. The number of piperidine rings is 1. The highest BCUT2D eigenvalue weighted by atomic mass is 35.5. The zero-order valence-corrected chi connectivity index (χ0v) is 19.8. The first kappa shape index (κ1) is 24.2. The minimum Gasteiger partial charge on any atom is -0.356 e. The third-order valence-corrected chi connectivity index (χ3v) is 6.16. The average Bonchev–Trinajstić information content (AvgIpc) is 3.28. The maximum absolute atomic E-state index is 12.3. The van der Waals surface area contributed by atoms with Crippen molar-refractivity contribution < 1.29 is 9.32 Å². The molecule has 0 bridgehead atoms. The minimum atomic E-state index is 0.0543. The van der Waals surface area contributed by atoms with Crippen LogP contribution in [0.25, 0.3) is 11.4 Å². The van der Waals surface area contributed by atoms with Gasteiger partial charge in [0, 0.05) is 23.6 Å². The molecule has 0 saturated carbocycles. The lowest BCUT2D eigenvalue weighted by atomic mass is 9.96. The number of hydrogen-bond acceptors (Lipinski definition) is 5. The zero-order valence-electron chi connectivity index (χ0n) is 19.0. The van der Waals surface area contributed by atoms with E-state index in [4.69, 9.17) is 16.1 Å². The Morgan fingerprint density at radius 2 is 1.97 bits per heavy atom. The number of nitrogens with one attached hydrogen (secondary N) is 1. The van der Waals surface area contributed by atoms with Gasteiger partial charge in [-0.1, -0.05) is 73.1 Å². The van der Waals surface area contributed by atoms with Crippen LogP contribution < -0.4 is 5.32 Å². The van der Waals surface area contributed by atoms with Gasteiger partial charge in [-0.3, -0.25) is 9.69 Å². The van der Waals surface area contributed by atoms with E-state index in [0.29, 0.717) is 30.6 Å². The molecule has 32 heavy (non-hydrogen) atoms. The zero-order chi connectivity index (χ0) is 22.8. The molecule has 0 aliphatic carbocycles. The standard InChI is InChI=1S/C25H33ClN4O2/c1-3-8-22(26)20(4-2)11-12-23(31)27-17-19-13-15-30(16-14-19)18-24-28-25(29-32-24)21-9-6-5-7-10-21/h5-11,19H,3-4,12-18H2,1-2H3,(H,27,31). The van der Waals surface area contributed by atoms with Crippen molar-refractivity contribution in [3.05, 3.63) is 59.0 Å². The summed E-state index contributed by atoms with van der Waals surface area (Å²) in [5, 5.41) is 7.94. The van der Waals surface area contributed by atoms with Gasteiger partial charge in [0.05, 0.1) is 6.54 Å². The van der Waals surface area contributed by atoms with Crippen molar-refractivity contribution in [3.8, 4) is 11.4 Å². The maximum Gasteiger partial charge on any atom is 0.241 e. The van der Waals surface area contributed by atoms with Gasteiger partial charge >= 0.3 is 0 Å². The minimum absolute atomic E-state index is 0.0543. The summed E-state index contributed by atoms with van der Waals surface area (Å²) in [5.41, 5.74) is 2.00. The summed E-state index contributed by atoms with van der Waals surface area (Å²) < 4.78 is 5.44. The first-order chi connectivity index (χ1) is 15.6. The predicted molar refractivity (Wildman–Crippen MR) is 128 cm³/mol. The Morgan fingerprint density at radius 3 is 2.66 bits per heavy atom. The van der Waals surface area contributed by atoms with E-state index in [1.54, 1.807) is 0 Å². The molecule has 0 radical (unpaired) electrons. The van der Waals surface area contributed by atoms with Gasteiger partial charge in [0.1, 0.15) is 0 Å². The van der Waals surface area contributed by atoms with Gasteiger partial charge in [0.25, 0.3) is 0 Å². The monoisotopic (exact) mass is 456 g/mol. The highest BCUT2D eigenvalue weighted by Gasteiger charge is 2.21. The van der Waals surface area contributed by atoms with E-state index in [-0.39, 0.29) is 5.91 Å². The summed E-state index contributed by atoms with van der Waals surface area (Å²) in [6.45, 7) is 7.41. The Labute approximate surface area is 195 Å². The number of rotatable bonds is 10. The van der Waals surface area contributed by atoms with Crippen LogP contribution in [0.2, 0.25) is 0 Å². The van der Waals surface area contributed by atoms with Crippen LogP contribution in [0.5, 0.6) is 0 Å². The largest absolute Gasteiger partial charge is 0.356 e. The lowest BCUT2D eigenvalue weighted by Gasteiger charge is -2.30. The Balaban J connectivity index is 1.38. The van der Waals surface area contributed by atoms with Crippen LogP contribution in [0.15, 0.2) is 57.6 Å². The number of carbonyl (C=O) groups is 1. The SMILES string of the molecule is CCC=C(Cl)C(=CCC(=O)NCC1CCN(Cc2nc(-c3ccccc3)no2)CC1)CC. The summed E-state index contributed by atoms with van der Waals surface area (Å²) in [6.07, 6.45) is 8.11. The van der Waals surface area contributed by atoms with Crippen LogP contribution in [0.3, 0.4) is 0 Å². The lowest BCUT2D eigenvalue weighted by molar-refractivity contribution is -0.120. The van der Waals surface area contributed by atoms with Crippen LogP contribution in [0, 0.1) is 5.92 Å². The summed E-state index contributed by atoms with van der Waals surface area (Å²) in [5.74, 6) is 1.82. The molecule has 0 unspecified atom stereocenters. The van der Waals surface area contributed by atoms with E-state index < -0.39 is 0 Å². The molecule has 2 heterocycles. The van der Waals surface area contributed by atoms with Crippen molar-refractivity contribution in [2.24, 2.45) is 5.92 Å². The molecule has 2 aromatic rings. The summed E-state index contributed by atoms with van der Waals surface area (Å²) in [6, 6.07) is 9.85. The van der Waals surface area contributed by atoms with Crippen LogP contribution in [0.4, 0.5) is 0 Å². The third-order valence-electron chi connectivity index (χ3n) is 5.76. The number of allylic oxidation sites excluding steroid dienone is 3. The van der Waals surface area contributed by atoms with Gasteiger partial charge in [0.2, 0.25) is 17.6 Å². The topological polar surface area (TPSA) is 71.3 Å². The van der Waals surface area contributed by atoms with Crippen LogP contribution in [0.1, 0.15) is 51.8 Å². The van der Waals surface area contributed by atoms with Gasteiger partial charge in [-0.25, -0.2) is 0 Å². The quantitative estimate of drug-likeness (QED) is 0.489. The van der Waals surface area contributed by atoms with Crippen molar-refractivity contribution >= 4 is 17.5 Å². The Bertz CT molecular complexity index is 915. The van der Waals surface area contributed by atoms with Gasteiger partial charge < -0.3 is 9.84 Å². The fourth-order valence-electron chi connectivity index (χ4n) is 3.83. The lowest BCUT2D eigenvalue weighted by Crippen LogP contribution is -2.38. The molecule has 7 heteroatoms. The van der Waals surface area contributed by atoms with Crippen molar-refractivity contribution in [1.29, 1.82) is 0 Å². The molecule has 1 aliphatic heterocycles. The number of likely N-dealkylation sites (tertiary alicyclic amines) is 1. The van der Waals surface area contributed by atoms with E-state index in [1.807, 2.05) is 42.5 Å². The van der Waals surface area contributed by atoms with Crippen LogP contribution in [-0.2, 0) is 11.3 Å². The van der Waals surface area contributed by atoms with Crippen LogP contribution >= 0.6 is 11.6 Å². The third kappa shape index (κ3) is 7.31. The molecule has 172 valence electrons. The van der Waals surface area contributed by atoms with E-state index in [9.17, 15) is 4.79 Å². The van der Waals surface area contributed by atoms with Gasteiger partial charge in [0.15, 0.2) is 0 Å². The fourth-order valence-corrected chi connectivity index (χ4v) is 4.20. The first-order valence-electron chi connectivity index (χ1n) is 11.5. The number of hydrogen-bond donors (Lipinski definition) is 1. The van der Waals surface area contributed by atoms with Gasteiger partial charge in [-0.2, -0.15) is 4.98 Å². The Morgan fingerprint density at radius 1 is 1.22 bits per heavy atom. The smallest absolute Gasteiger partial charge is 0.241 e. The number of halogens is 1. The van der Waals surface area contributed by atoms with E-state index in [1.165, 1.54) is 0 Å². The van der Waals surface area contributed by atoms with Gasteiger partial charge in [-0.15, -0.1) is 0 Å². The highest BCUT2D eigenvalue weighted by Crippen LogP contribution is 2.21. The number of carbonyl (C=O) groups excluding carboxylic acids is 1. The second-order valence-electron chi connectivity index (χ2n) is 8.15. The Hall–Kier alpha value is -2.44. The predicted octanol–water partition coefficient (Wildman–Crippen LogP) is 5.32. The first-order valence-corrected chi connectivity index (χ1v) is 11.9. The molecule has 0 atom stereocenters. The fraction of sp³-hybridized carbons (Fsp3) is 0.480. The van der Waals surface area contributed by atoms with Crippen molar-refractivity contribution in [2.75, 3.05) is 19.6 Å². The molecule has 3 rings (SSSR count). The summed E-state index contributed by atoms with van der Waals surface area (Å²) >= 11 is 6.27. The van der Waals surface area contributed by atoms with E-state index >= 15 is 0 Å². The highest BCUT2D eigenvalue weighted by molar-refractivity contribution is 6.32. The number of nitrogens with zero attached hydrogens (tertiary/aromatic N) is 3. The summed E-state index contributed by atoms with van der Waals surface area (Å²) in [7, 11) is 0. The second kappa shape index (κ2) is 12.6. The van der Waals surface area contributed by atoms with Crippen molar-refractivity contribution in [1.82, 2.24) is 20.4 Å². The Kier molecular flexibility index (Phi) is 9.50. The van der Waals surface area contributed by atoms with Crippen molar-refractivity contribution in [2.45, 2.75) is 52.5 Å². The second-order valence-corrected chi connectivity index (χ2v) is 8.56. The van der Waals surface area contributed by atoms with Gasteiger partial charge in [-0.05, 0) is 50.3 Å². The molecular weight excluding hydrogens is 424 g/mol. The molecule has 0 spiro atoms. The molecule has 1 fully saturated rings. The molecular formula is C25H33ClN4O2. The molecule has 1 aliphatic rings. The maximum atomic E-state index is 12.3. The molecule has 1 aromatic heterocycles. The number of benzene rings is 1. The summed E-state index contributed by atoms with van der Waals surface area (Å²) in [4.78, 5) is 19.1. The van der Waals surface area contributed by atoms with Crippen LogP contribution in [-0.4, -0.2) is 40.6 Å². The molecule has 1 saturated heterocycles. The molecule has 1 amide bonds. The number of amides is 1.